The van der Waals surface area contributed by atoms with Crippen molar-refractivity contribution < 1.29 is 14.3 Å². The van der Waals surface area contributed by atoms with Crippen LogP contribution in [0.3, 0.4) is 0 Å². The van der Waals surface area contributed by atoms with Crippen LogP contribution in [-0.2, 0) is 27.2 Å². The van der Waals surface area contributed by atoms with E-state index in [0.717, 1.165) is 11.4 Å². The summed E-state index contributed by atoms with van der Waals surface area (Å²) in [5.41, 5.74) is 2.00. The van der Waals surface area contributed by atoms with Crippen LogP contribution >= 0.6 is 0 Å². The second-order valence-electron chi connectivity index (χ2n) is 4.06. The maximum atomic E-state index is 11.8. The third kappa shape index (κ3) is 1.70. The SMILES string of the molecule is O=C(OC1COC1)C1Cc2nc[nH]c2CN1. The molecule has 3 rings (SSSR count). The van der Waals surface area contributed by atoms with Gasteiger partial charge in [-0.25, -0.2) is 4.98 Å². The lowest BCUT2D eigenvalue weighted by molar-refractivity contribution is -0.174. The van der Waals surface area contributed by atoms with Gasteiger partial charge in [-0.3, -0.25) is 10.1 Å². The molecule has 1 aromatic heterocycles. The molecule has 6 nitrogen and oxygen atoms in total. The number of carbonyl (C=O) groups excluding carboxylic acids is 1. The van der Waals surface area contributed by atoms with Gasteiger partial charge in [0.25, 0.3) is 0 Å². The zero-order valence-electron chi connectivity index (χ0n) is 8.73. The van der Waals surface area contributed by atoms with Gasteiger partial charge >= 0.3 is 5.97 Å². The van der Waals surface area contributed by atoms with E-state index in [1.54, 1.807) is 6.33 Å². The Morgan fingerprint density at radius 3 is 3.19 bits per heavy atom. The number of H-pyrrole nitrogens is 1. The molecule has 1 aromatic rings. The topological polar surface area (TPSA) is 76.2 Å². The molecule has 1 unspecified atom stereocenters. The molecule has 1 fully saturated rings. The number of hydrogen-bond donors (Lipinski definition) is 2. The Kier molecular flexibility index (Phi) is 2.37. The number of rotatable bonds is 2. The number of imidazole rings is 1. The van der Waals surface area contributed by atoms with Crippen molar-refractivity contribution in [3.05, 3.63) is 17.7 Å². The molecular formula is C10H13N3O3. The molecule has 0 radical (unpaired) electrons. The van der Waals surface area contributed by atoms with Gasteiger partial charge in [-0.2, -0.15) is 0 Å². The predicted octanol–water partition coefficient (Wildman–Crippen LogP) is -0.634. The van der Waals surface area contributed by atoms with Crippen LogP contribution in [-0.4, -0.2) is 41.3 Å². The summed E-state index contributed by atoms with van der Waals surface area (Å²) in [7, 11) is 0. The molecule has 0 saturated carbocycles. The Hall–Kier alpha value is -1.40. The fourth-order valence-corrected chi connectivity index (χ4v) is 1.86. The van der Waals surface area contributed by atoms with Crippen molar-refractivity contribution in [1.29, 1.82) is 0 Å². The molecule has 0 aliphatic carbocycles. The van der Waals surface area contributed by atoms with Gasteiger partial charge in [0.05, 0.1) is 30.9 Å². The lowest BCUT2D eigenvalue weighted by atomic mass is 10.1. The third-order valence-electron chi connectivity index (χ3n) is 2.91. The van der Waals surface area contributed by atoms with Crippen LogP contribution in [0, 0.1) is 0 Å². The van der Waals surface area contributed by atoms with Gasteiger partial charge in [-0.1, -0.05) is 0 Å². The van der Waals surface area contributed by atoms with Crippen molar-refractivity contribution in [3.8, 4) is 0 Å². The maximum Gasteiger partial charge on any atom is 0.323 e. The number of esters is 1. The summed E-state index contributed by atoms with van der Waals surface area (Å²) in [6.07, 6.45) is 2.18. The Morgan fingerprint density at radius 2 is 2.44 bits per heavy atom. The lowest BCUT2D eigenvalue weighted by Gasteiger charge is -2.29. The van der Waals surface area contributed by atoms with E-state index in [1.807, 2.05) is 0 Å². The molecule has 2 N–H and O–H groups in total. The molecule has 0 bridgehead atoms. The highest BCUT2D eigenvalue weighted by Gasteiger charge is 2.30. The normalized spacial score (nSPS) is 24.6. The van der Waals surface area contributed by atoms with Crippen LogP contribution in [0.4, 0.5) is 0 Å². The smallest absolute Gasteiger partial charge is 0.323 e. The lowest BCUT2D eigenvalue weighted by Crippen LogP contribution is -2.47. The average Bonchev–Trinajstić information content (AvgIpc) is 2.69. The molecular weight excluding hydrogens is 210 g/mol. The molecule has 1 saturated heterocycles. The number of carbonyl (C=O) groups is 1. The van der Waals surface area contributed by atoms with Gasteiger partial charge in [-0.15, -0.1) is 0 Å². The van der Waals surface area contributed by atoms with E-state index in [0.29, 0.717) is 26.2 Å². The van der Waals surface area contributed by atoms with Crippen molar-refractivity contribution in [2.75, 3.05) is 13.2 Å². The second kappa shape index (κ2) is 3.88. The third-order valence-corrected chi connectivity index (χ3v) is 2.91. The Morgan fingerprint density at radius 1 is 1.56 bits per heavy atom. The summed E-state index contributed by atoms with van der Waals surface area (Å²) < 4.78 is 10.2. The van der Waals surface area contributed by atoms with E-state index >= 15 is 0 Å². The van der Waals surface area contributed by atoms with Crippen LogP contribution in [0.5, 0.6) is 0 Å². The standard InChI is InChI=1S/C10H13N3O3/c14-10(16-6-3-15-4-6)8-1-7-9(2-11-8)13-5-12-7/h5-6,8,11H,1-4H2,(H,12,13). The van der Waals surface area contributed by atoms with Crippen molar-refractivity contribution in [2.24, 2.45) is 0 Å². The van der Waals surface area contributed by atoms with E-state index in [2.05, 4.69) is 15.3 Å². The minimum absolute atomic E-state index is 0.0603. The molecule has 6 heteroatoms. The Balaban J connectivity index is 1.62. The predicted molar refractivity (Wildman–Crippen MR) is 53.6 cm³/mol. The van der Waals surface area contributed by atoms with Gasteiger partial charge in [0.2, 0.25) is 0 Å². The molecule has 0 aromatic carbocycles. The zero-order chi connectivity index (χ0) is 11.0. The number of aromatic nitrogens is 2. The van der Waals surface area contributed by atoms with Gasteiger partial charge in [0, 0.05) is 13.0 Å². The summed E-state index contributed by atoms with van der Waals surface area (Å²) in [5, 5.41) is 3.13. The highest BCUT2D eigenvalue weighted by molar-refractivity contribution is 5.76. The van der Waals surface area contributed by atoms with E-state index in [4.69, 9.17) is 9.47 Å². The highest BCUT2D eigenvalue weighted by Crippen LogP contribution is 2.14. The average molecular weight is 223 g/mol. The van der Waals surface area contributed by atoms with Crippen LogP contribution in [0.15, 0.2) is 6.33 Å². The van der Waals surface area contributed by atoms with Gasteiger partial charge < -0.3 is 14.5 Å². The first-order valence-electron chi connectivity index (χ1n) is 5.35. The van der Waals surface area contributed by atoms with Crippen LogP contribution in [0.1, 0.15) is 11.4 Å². The number of nitrogens with zero attached hydrogens (tertiary/aromatic N) is 1. The van der Waals surface area contributed by atoms with Crippen molar-refractivity contribution in [1.82, 2.24) is 15.3 Å². The fourth-order valence-electron chi connectivity index (χ4n) is 1.86. The fraction of sp³-hybridized carbons (Fsp3) is 0.600. The van der Waals surface area contributed by atoms with Crippen molar-refractivity contribution in [2.45, 2.75) is 25.1 Å². The molecule has 1 atom stereocenters. The van der Waals surface area contributed by atoms with Gasteiger partial charge in [0.1, 0.15) is 12.1 Å². The maximum absolute atomic E-state index is 11.8. The Labute approximate surface area is 92.3 Å². The zero-order valence-corrected chi connectivity index (χ0v) is 8.73. The second-order valence-corrected chi connectivity index (χ2v) is 4.06. The largest absolute Gasteiger partial charge is 0.456 e. The molecule has 2 aliphatic rings. The van der Waals surface area contributed by atoms with Crippen molar-refractivity contribution >= 4 is 5.97 Å². The number of hydrogen-bond acceptors (Lipinski definition) is 5. The van der Waals surface area contributed by atoms with E-state index in [-0.39, 0.29) is 18.1 Å². The molecule has 86 valence electrons. The number of aromatic amines is 1. The summed E-state index contributed by atoms with van der Waals surface area (Å²) in [6.45, 7) is 1.68. The molecule has 3 heterocycles. The highest BCUT2D eigenvalue weighted by atomic mass is 16.6. The van der Waals surface area contributed by atoms with E-state index < -0.39 is 0 Å². The van der Waals surface area contributed by atoms with Crippen LogP contribution in [0.2, 0.25) is 0 Å². The summed E-state index contributed by atoms with van der Waals surface area (Å²) in [6, 6.07) is -0.281. The Bertz CT molecular complexity index is 400. The van der Waals surface area contributed by atoms with Crippen LogP contribution < -0.4 is 5.32 Å². The van der Waals surface area contributed by atoms with Crippen LogP contribution in [0.25, 0.3) is 0 Å². The molecule has 0 spiro atoms. The summed E-state index contributed by atoms with van der Waals surface area (Å²) in [4.78, 5) is 19.0. The molecule has 0 amide bonds. The number of nitrogens with one attached hydrogen (secondary N) is 2. The van der Waals surface area contributed by atoms with Crippen molar-refractivity contribution in [3.63, 3.8) is 0 Å². The van der Waals surface area contributed by atoms with Gasteiger partial charge in [0.15, 0.2) is 0 Å². The first-order valence-corrected chi connectivity index (χ1v) is 5.35. The first kappa shape index (κ1) is 9.80. The minimum Gasteiger partial charge on any atom is -0.456 e. The monoisotopic (exact) mass is 223 g/mol. The first-order chi connectivity index (χ1) is 7.83. The van der Waals surface area contributed by atoms with E-state index in [1.165, 1.54) is 0 Å². The molecule has 2 aliphatic heterocycles. The van der Waals surface area contributed by atoms with Gasteiger partial charge in [-0.05, 0) is 0 Å². The summed E-state index contributed by atoms with van der Waals surface area (Å²) in [5.74, 6) is -0.207. The minimum atomic E-state index is -0.281. The quantitative estimate of drug-likeness (QED) is 0.653. The van der Waals surface area contributed by atoms with E-state index in [9.17, 15) is 4.79 Å². The summed E-state index contributed by atoms with van der Waals surface area (Å²) >= 11 is 0. The number of fused-ring (bicyclic) bond motifs is 1. The number of ether oxygens (including phenoxy) is 2. The molecule has 16 heavy (non-hydrogen) atoms.